The van der Waals surface area contributed by atoms with Crippen LogP contribution in [0.2, 0.25) is 0 Å². The Morgan fingerprint density at radius 2 is 2.12 bits per heavy atom. The molecule has 8 nitrogen and oxygen atoms in total. The van der Waals surface area contributed by atoms with E-state index in [1.165, 1.54) is 5.56 Å². The molecule has 0 amide bonds. The summed E-state index contributed by atoms with van der Waals surface area (Å²) in [6, 6.07) is 8.08. The first-order valence-electron chi connectivity index (χ1n) is 11.5. The van der Waals surface area contributed by atoms with Crippen molar-refractivity contribution in [1.82, 2.24) is 30.1 Å². The lowest BCUT2D eigenvalue weighted by Gasteiger charge is -2.33. The van der Waals surface area contributed by atoms with E-state index in [1.54, 1.807) is 0 Å². The van der Waals surface area contributed by atoms with E-state index in [4.69, 9.17) is 4.74 Å². The van der Waals surface area contributed by atoms with Crippen LogP contribution in [0.5, 0.6) is 0 Å². The second-order valence-electron chi connectivity index (χ2n) is 9.82. The first-order valence-corrected chi connectivity index (χ1v) is 11.5. The number of aromatic amines is 1. The number of nitrogens with zero attached hydrogens (tertiary/aromatic N) is 5. The van der Waals surface area contributed by atoms with Crippen molar-refractivity contribution in [2.45, 2.75) is 78.1 Å². The molecule has 1 aromatic carbocycles. The summed E-state index contributed by atoms with van der Waals surface area (Å²) in [7, 11) is 0. The molecule has 3 heterocycles. The number of H-pyrrole nitrogens is 1. The van der Waals surface area contributed by atoms with Gasteiger partial charge in [0.1, 0.15) is 0 Å². The molecule has 4 rings (SSSR count). The maximum atomic E-state index is 13.0. The van der Waals surface area contributed by atoms with Crippen LogP contribution in [-0.4, -0.2) is 49.3 Å². The summed E-state index contributed by atoms with van der Waals surface area (Å²) in [5.74, 6) is 0.825. The van der Waals surface area contributed by atoms with Gasteiger partial charge < -0.3 is 9.72 Å². The number of tetrazole rings is 1. The Labute approximate surface area is 189 Å². The van der Waals surface area contributed by atoms with Gasteiger partial charge in [-0.2, -0.15) is 0 Å². The third kappa shape index (κ3) is 4.76. The molecule has 172 valence electrons. The first kappa shape index (κ1) is 22.6. The standard InChI is InChI=1S/C24H34N6O2/c1-6-21(22-26-27-28-30(22)24(3,4)5)29(15-19-8-7-11-32-19)14-18-13-17-12-16(2)9-10-20(17)25-23(18)31/h9-10,12-13,19,21H,6-8,11,14-15H2,1-5H3,(H,25,31)/t19-,21-/m0/s1. The predicted molar refractivity (Wildman–Crippen MR) is 125 cm³/mol. The van der Waals surface area contributed by atoms with Gasteiger partial charge in [0.25, 0.3) is 5.56 Å². The van der Waals surface area contributed by atoms with Crippen molar-refractivity contribution in [2.75, 3.05) is 13.2 Å². The monoisotopic (exact) mass is 438 g/mol. The fourth-order valence-corrected chi connectivity index (χ4v) is 4.54. The molecule has 1 saturated heterocycles. The summed E-state index contributed by atoms with van der Waals surface area (Å²) >= 11 is 0. The topological polar surface area (TPSA) is 88.9 Å². The zero-order valence-electron chi connectivity index (χ0n) is 19.8. The lowest BCUT2D eigenvalue weighted by molar-refractivity contribution is 0.0478. The van der Waals surface area contributed by atoms with Crippen LogP contribution in [0.1, 0.15) is 70.0 Å². The summed E-state index contributed by atoms with van der Waals surface area (Å²) in [6.07, 6.45) is 3.09. The molecule has 0 bridgehead atoms. The molecule has 1 aliphatic rings. The van der Waals surface area contributed by atoms with Crippen LogP contribution >= 0.6 is 0 Å². The number of nitrogens with one attached hydrogen (secondary N) is 1. The van der Waals surface area contributed by atoms with Crippen LogP contribution in [0.3, 0.4) is 0 Å². The second-order valence-corrected chi connectivity index (χ2v) is 9.82. The number of benzene rings is 1. The van der Waals surface area contributed by atoms with Gasteiger partial charge in [-0.1, -0.05) is 18.6 Å². The van der Waals surface area contributed by atoms with E-state index in [0.717, 1.165) is 54.7 Å². The summed E-state index contributed by atoms with van der Waals surface area (Å²) in [6.45, 7) is 12.5. The highest BCUT2D eigenvalue weighted by atomic mass is 16.5. The van der Waals surface area contributed by atoms with Gasteiger partial charge in [-0.3, -0.25) is 9.69 Å². The number of aromatic nitrogens is 5. The van der Waals surface area contributed by atoms with Gasteiger partial charge in [0.2, 0.25) is 0 Å². The minimum absolute atomic E-state index is 0.0268. The highest BCUT2D eigenvalue weighted by Crippen LogP contribution is 2.29. The molecule has 0 aliphatic carbocycles. The molecule has 1 N–H and O–H groups in total. The fourth-order valence-electron chi connectivity index (χ4n) is 4.54. The molecular weight excluding hydrogens is 404 g/mol. The second kappa shape index (κ2) is 9.11. The maximum absolute atomic E-state index is 13.0. The summed E-state index contributed by atoms with van der Waals surface area (Å²) in [4.78, 5) is 18.3. The Kier molecular flexibility index (Phi) is 6.44. The molecule has 1 fully saturated rings. The summed E-state index contributed by atoms with van der Waals surface area (Å²) < 4.78 is 7.86. The van der Waals surface area contributed by atoms with Crippen molar-refractivity contribution >= 4 is 10.9 Å². The van der Waals surface area contributed by atoms with Gasteiger partial charge in [-0.05, 0) is 81.0 Å². The van der Waals surface area contributed by atoms with E-state index in [1.807, 2.05) is 22.9 Å². The Morgan fingerprint density at radius 3 is 2.81 bits per heavy atom. The molecule has 0 spiro atoms. The molecule has 0 saturated carbocycles. The highest BCUT2D eigenvalue weighted by molar-refractivity contribution is 5.79. The molecule has 0 unspecified atom stereocenters. The zero-order valence-corrected chi connectivity index (χ0v) is 19.8. The lowest BCUT2D eigenvalue weighted by atomic mass is 10.0. The quantitative estimate of drug-likeness (QED) is 0.605. The van der Waals surface area contributed by atoms with Crippen LogP contribution in [0, 0.1) is 6.92 Å². The van der Waals surface area contributed by atoms with Crippen LogP contribution in [0.4, 0.5) is 0 Å². The summed E-state index contributed by atoms with van der Waals surface area (Å²) in [5, 5.41) is 13.7. The van der Waals surface area contributed by atoms with Gasteiger partial charge in [-0.15, -0.1) is 5.10 Å². The summed E-state index contributed by atoms with van der Waals surface area (Å²) in [5.41, 5.74) is 2.49. The largest absolute Gasteiger partial charge is 0.377 e. The van der Waals surface area contributed by atoms with E-state index < -0.39 is 0 Å². The number of fused-ring (bicyclic) bond motifs is 1. The molecule has 1 aliphatic heterocycles. The SMILES string of the molecule is CC[C@@H](c1nnnn1C(C)(C)C)N(Cc1cc2cc(C)ccc2[nH]c1=O)C[C@@H]1CCCO1. The molecule has 0 radical (unpaired) electrons. The predicted octanol–water partition coefficient (Wildman–Crippen LogP) is 3.71. The van der Waals surface area contributed by atoms with Gasteiger partial charge in [0.05, 0.1) is 17.7 Å². The Bertz CT molecular complexity index is 1120. The average Bonchev–Trinajstić information content (AvgIpc) is 3.41. The maximum Gasteiger partial charge on any atom is 0.252 e. The van der Waals surface area contributed by atoms with E-state index in [0.29, 0.717) is 6.54 Å². The number of hydrogen-bond donors (Lipinski definition) is 1. The van der Waals surface area contributed by atoms with Crippen molar-refractivity contribution in [3.05, 3.63) is 51.6 Å². The number of rotatable bonds is 7. The average molecular weight is 439 g/mol. The van der Waals surface area contributed by atoms with E-state index >= 15 is 0 Å². The molecule has 2 aromatic heterocycles. The minimum atomic E-state index is -0.236. The van der Waals surface area contributed by atoms with Crippen LogP contribution in [0.25, 0.3) is 10.9 Å². The molecule has 32 heavy (non-hydrogen) atoms. The lowest BCUT2D eigenvalue weighted by Crippen LogP contribution is -2.39. The van der Waals surface area contributed by atoms with E-state index in [-0.39, 0.29) is 23.2 Å². The van der Waals surface area contributed by atoms with Crippen molar-refractivity contribution in [3.63, 3.8) is 0 Å². The van der Waals surface area contributed by atoms with E-state index in [9.17, 15) is 4.79 Å². The molecular formula is C24H34N6O2. The first-order chi connectivity index (χ1) is 15.3. The minimum Gasteiger partial charge on any atom is -0.377 e. The fraction of sp³-hybridized carbons (Fsp3) is 0.583. The van der Waals surface area contributed by atoms with Crippen molar-refractivity contribution < 1.29 is 4.74 Å². The Morgan fingerprint density at radius 1 is 1.31 bits per heavy atom. The number of hydrogen-bond acceptors (Lipinski definition) is 6. The van der Waals surface area contributed by atoms with Gasteiger partial charge >= 0.3 is 0 Å². The van der Waals surface area contributed by atoms with Crippen molar-refractivity contribution in [3.8, 4) is 0 Å². The zero-order chi connectivity index (χ0) is 22.9. The molecule has 2 atom stereocenters. The van der Waals surface area contributed by atoms with Gasteiger partial charge in [0, 0.05) is 30.8 Å². The van der Waals surface area contributed by atoms with Crippen LogP contribution in [-0.2, 0) is 16.8 Å². The van der Waals surface area contributed by atoms with Gasteiger partial charge in [-0.25, -0.2) is 4.68 Å². The Balaban J connectivity index is 1.72. The number of aryl methyl sites for hydroxylation is 1. The van der Waals surface area contributed by atoms with Gasteiger partial charge in [0.15, 0.2) is 5.82 Å². The normalized spacial score (nSPS) is 18.0. The molecule has 3 aromatic rings. The highest BCUT2D eigenvalue weighted by Gasteiger charge is 2.31. The third-order valence-corrected chi connectivity index (χ3v) is 6.17. The Hall–Kier alpha value is -2.58. The van der Waals surface area contributed by atoms with Crippen molar-refractivity contribution in [1.29, 1.82) is 0 Å². The van der Waals surface area contributed by atoms with Crippen molar-refractivity contribution in [2.24, 2.45) is 0 Å². The van der Waals surface area contributed by atoms with E-state index in [2.05, 4.69) is 66.1 Å². The van der Waals surface area contributed by atoms with Crippen LogP contribution < -0.4 is 5.56 Å². The van der Waals surface area contributed by atoms with Crippen LogP contribution in [0.15, 0.2) is 29.1 Å². The number of ether oxygens (including phenoxy) is 1. The smallest absolute Gasteiger partial charge is 0.252 e. The third-order valence-electron chi connectivity index (χ3n) is 6.17. The number of pyridine rings is 1. The molecule has 8 heteroatoms.